The van der Waals surface area contributed by atoms with E-state index in [1.807, 2.05) is 0 Å². The normalized spacial score (nSPS) is 34.7. The van der Waals surface area contributed by atoms with Gasteiger partial charge in [-0.15, -0.1) is 0 Å². The number of carbonyl (C=O) groups is 1. The van der Waals surface area contributed by atoms with Crippen molar-refractivity contribution >= 4 is 5.91 Å². The third-order valence-electron chi connectivity index (χ3n) is 4.88. The van der Waals surface area contributed by atoms with Gasteiger partial charge in [0.1, 0.15) is 0 Å². The van der Waals surface area contributed by atoms with Crippen molar-refractivity contribution in [2.75, 3.05) is 13.1 Å². The average Bonchev–Trinajstić information content (AvgIpc) is 3.09. The van der Waals surface area contributed by atoms with Crippen molar-refractivity contribution in [3.63, 3.8) is 0 Å². The summed E-state index contributed by atoms with van der Waals surface area (Å²) >= 11 is 0. The molecule has 3 fully saturated rings. The highest BCUT2D eigenvalue weighted by Crippen LogP contribution is 2.35. The van der Waals surface area contributed by atoms with Crippen molar-refractivity contribution in [2.24, 2.45) is 5.92 Å². The average molecular weight is 236 g/mol. The molecule has 17 heavy (non-hydrogen) atoms. The Labute approximate surface area is 104 Å². The molecule has 96 valence electrons. The molecular weight excluding hydrogens is 212 g/mol. The standard InChI is InChI=1S/C14H24N2O/c17-14(12-7-3-9-15-12)16-10-4-8-13(16)11-5-1-2-6-11/h11-13,15H,1-10H2/t12-,13-/m0/s1. The minimum Gasteiger partial charge on any atom is -0.338 e. The Morgan fingerprint density at radius 2 is 1.82 bits per heavy atom. The number of nitrogens with one attached hydrogen (secondary N) is 1. The molecular formula is C14H24N2O. The SMILES string of the molecule is O=C([C@@H]1CCCN1)N1CCC[C@H]1C1CCCC1. The fraction of sp³-hybridized carbons (Fsp3) is 0.929. The summed E-state index contributed by atoms with van der Waals surface area (Å²) in [7, 11) is 0. The summed E-state index contributed by atoms with van der Waals surface area (Å²) in [5.74, 6) is 1.21. The van der Waals surface area contributed by atoms with Crippen molar-refractivity contribution in [3.8, 4) is 0 Å². The first-order valence-corrected chi connectivity index (χ1v) is 7.40. The molecule has 0 aromatic heterocycles. The summed E-state index contributed by atoms with van der Waals surface area (Å²) in [6, 6.07) is 0.712. The monoisotopic (exact) mass is 236 g/mol. The van der Waals surface area contributed by atoms with Crippen LogP contribution >= 0.6 is 0 Å². The van der Waals surface area contributed by atoms with Crippen molar-refractivity contribution < 1.29 is 4.79 Å². The Hall–Kier alpha value is -0.570. The lowest BCUT2D eigenvalue weighted by molar-refractivity contribution is -0.134. The molecule has 3 rings (SSSR count). The second kappa shape index (κ2) is 4.97. The van der Waals surface area contributed by atoms with E-state index in [0.29, 0.717) is 11.9 Å². The molecule has 0 radical (unpaired) electrons. The van der Waals surface area contributed by atoms with Gasteiger partial charge in [-0.25, -0.2) is 0 Å². The molecule has 2 atom stereocenters. The molecule has 0 unspecified atom stereocenters. The predicted molar refractivity (Wildman–Crippen MR) is 67.7 cm³/mol. The molecule has 1 amide bonds. The van der Waals surface area contributed by atoms with E-state index in [0.717, 1.165) is 25.4 Å². The Kier molecular flexibility index (Phi) is 3.37. The molecule has 3 heteroatoms. The minimum atomic E-state index is 0.136. The molecule has 1 saturated carbocycles. The molecule has 0 aromatic carbocycles. The lowest BCUT2D eigenvalue weighted by atomic mass is 9.95. The summed E-state index contributed by atoms with van der Waals surface area (Å²) in [4.78, 5) is 14.7. The van der Waals surface area contributed by atoms with Crippen LogP contribution in [-0.2, 0) is 4.79 Å². The molecule has 0 aromatic rings. The van der Waals surface area contributed by atoms with Crippen LogP contribution in [0.1, 0.15) is 51.4 Å². The van der Waals surface area contributed by atoms with Gasteiger partial charge in [-0.1, -0.05) is 12.8 Å². The third kappa shape index (κ3) is 2.22. The van der Waals surface area contributed by atoms with E-state index in [9.17, 15) is 4.79 Å². The van der Waals surface area contributed by atoms with E-state index in [2.05, 4.69) is 10.2 Å². The van der Waals surface area contributed by atoms with Gasteiger partial charge in [-0.05, 0) is 51.0 Å². The minimum absolute atomic E-state index is 0.136. The van der Waals surface area contributed by atoms with Crippen molar-refractivity contribution in [3.05, 3.63) is 0 Å². The molecule has 3 aliphatic rings. The van der Waals surface area contributed by atoms with E-state index in [1.54, 1.807) is 0 Å². The first-order valence-electron chi connectivity index (χ1n) is 7.40. The lowest BCUT2D eigenvalue weighted by Gasteiger charge is -2.31. The van der Waals surface area contributed by atoms with Crippen molar-refractivity contribution in [2.45, 2.75) is 63.5 Å². The maximum absolute atomic E-state index is 12.5. The van der Waals surface area contributed by atoms with Crippen LogP contribution < -0.4 is 5.32 Å². The highest BCUT2D eigenvalue weighted by Gasteiger charge is 2.38. The number of rotatable bonds is 2. The van der Waals surface area contributed by atoms with Crippen molar-refractivity contribution in [1.82, 2.24) is 10.2 Å². The highest BCUT2D eigenvalue weighted by atomic mass is 16.2. The van der Waals surface area contributed by atoms with E-state index < -0.39 is 0 Å². The third-order valence-corrected chi connectivity index (χ3v) is 4.88. The van der Waals surface area contributed by atoms with Crippen LogP contribution in [0.15, 0.2) is 0 Å². The summed E-state index contributed by atoms with van der Waals surface area (Å²) in [6.07, 6.45) is 10.2. The highest BCUT2D eigenvalue weighted by molar-refractivity contribution is 5.82. The van der Waals surface area contributed by atoms with E-state index >= 15 is 0 Å². The number of hydrogen-bond donors (Lipinski definition) is 1. The van der Waals surface area contributed by atoms with Crippen LogP contribution in [0.3, 0.4) is 0 Å². The molecule has 0 bridgehead atoms. The largest absolute Gasteiger partial charge is 0.338 e. The quantitative estimate of drug-likeness (QED) is 0.794. The number of hydrogen-bond acceptors (Lipinski definition) is 2. The van der Waals surface area contributed by atoms with E-state index in [-0.39, 0.29) is 6.04 Å². The number of likely N-dealkylation sites (tertiary alicyclic amines) is 1. The van der Waals surface area contributed by atoms with Gasteiger partial charge >= 0.3 is 0 Å². The van der Waals surface area contributed by atoms with Gasteiger partial charge in [-0.2, -0.15) is 0 Å². The molecule has 2 saturated heterocycles. The summed E-state index contributed by atoms with van der Waals surface area (Å²) in [6.45, 7) is 2.04. The van der Waals surface area contributed by atoms with Gasteiger partial charge in [0.2, 0.25) is 5.91 Å². The molecule has 1 N–H and O–H groups in total. The Bertz CT molecular complexity index is 280. The van der Waals surface area contributed by atoms with Gasteiger partial charge in [-0.3, -0.25) is 4.79 Å². The number of nitrogens with zero attached hydrogens (tertiary/aromatic N) is 1. The molecule has 3 nitrogen and oxygen atoms in total. The molecule has 2 heterocycles. The molecule has 2 aliphatic heterocycles. The second-order valence-corrected chi connectivity index (χ2v) is 5.93. The summed E-state index contributed by atoms with van der Waals surface area (Å²) in [5.41, 5.74) is 0. The van der Waals surface area contributed by atoms with Crippen LogP contribution in [0.4, 0.5) is 0 Å². The fourth-order valence-corrected chi connectivity index (χ4v) is 3.99. The zero-order chi connectivity index (χ0) is 11.7. The number of amides is 1. The van der Waals surface area contributed by atoms with Crippen LogP contribution in [-0.4, -0.2) is 36.0 Å². The Morgan fingerprint density at radius 3 is 2.53 bits per heavy atom. The van der Waals surface area contributed by atoms with Crippen LogP contribution in [0.2, 0.25) is 0 Å². The van der Waals surface area contributed by atoms with E-state index in [1.165, 1.54) is 44.9 Å². The maximum Gasteiger partial charge on any atom is 0.239 e. The van der Waals surface area contributed by atoms with Gasteiger partial charge in [0.25, 0.3) is 0 Å². The Balaban J connectivity index is 1.65. The van der Waals surface area contributed by atoms with Gasteiger partial charge in [0, 0.05) is 12.6 Å². The van der Waals surface area contributed by atoms with E-state index in [4.69, 9.17) is 0 Å². The first-order chi connectivity index (χ1) is 8.36. The molecule has 1 aliphatic carbocycles. The predicted octanol–water partition coefficient (Wildman–Crippen LogP) is 1.92. The topological polar surface area (TPSA) is 32.3 Å². The maximum atomic E-state index is 12.5. The van der Waals surface area contributed by atoms with Gasteiger partial charge in [0.15, 0.2) is 0 Å². The fourth-order valence-electron chi connectivity index (χ4n) is 3.99. The Morgan fingerprint density at radius 1 is 1.00 bits per heavy atom. The summed E-state index contributed by atoms with van der Waals surface area (Å²) < 4.78 is 0. The van der Waals surface area contributed by atoms with Gasteiger partial charge in [0.05, 0.1) is 6.04 Å². The zero-order valence-corrected chi connectivity index (χ0v) is 10.7. The smallest absolute Gasteiger partial charge is 0.239 e. The zero-order valence-electron chi connectivity index (χ0n) is 10.7. The summed E-state index contributed by atoms with van der Waals surface area (Å²) in [5, 5.41) is 3.35. The molecule has 0 spiro atoms. The second-order valence-electron chi connectivity index (χ2n) is 5.93. The van der Waals surface area contributed by atoms with Crippen LogP contribution in [0, 0.1) is 5.92 Å². The first kappa shape index (κ1) is 11.5. The number of carbonyl (C=O) groups excluding carboxylic acids is 1. The van der Waals surface area contributed by atoms with Crippen molar-refractivity contribution in [1.29, 1.82) is 0 Å². The van der Waals surface area contributed by atoms with Crippen LogP contribution in [0.25, 0.3) is 0 Å². The van der Waals surface area contributed by atoms with Crippen LogP contribution in [0.5, 0.6) is 0 Å². The van der Waals surface area contributed by atoms with Gasteiger partial charge < -0.3 is 10.2 Å². The lowest BCUT2D eigenvalue weighted by Crippen LogP contribution is -2.47.